The van der Waals surface area contributed by atoms with E-state index < -0.39 is 0 Å². The molecule has 0 unspecified atom stereocenters. The van der Waals surface area contributed by atoms with Crippen LogP contribution in [0.3, 0.4) is 0 Å². The molecule has 1 aliphatic rings. The van der Waals surface area contributed by atoms with Crippen molar-refractivity contribution in [2.75, 3.05) is 0 Å². The fourth-order valence-electron chi connectivity index (χ4n) is 3.66. The van der Waals surface area contributed by atoms with Crippen molar-refractivity contribution in [3.8, 4) is 23.0 Å². The highest BCUT2D eigenvalue weighted by molar-refractivity contribution is 6.33. The Balaban J connectivity index is 1.73. The van der Waals surface area contributed by atoms with Crippen LogP contribution in [0.5, 0.6) is 5.88 Å². The first-order valence-electron chi connectivity index (χ1n) is 9.60. The smallest absolute Gasteiger partial charge is 0.224 e. The molecule has 0 spiro atoms. The minimum atomic E-state index is 0.0563. The maximum atomic E-state index is 11.2. The van der Waals surface area contributed by atoms with Crippen LogP contribution in [0.4, 0.5) is 5.69 Å². The van der Waals surface area contributed by atoms with Crippen LogP contribution in [0, 0.1) is 6.92 Å². The van der Waals surface area contributed by atoms with Gasteiger partial charge in [0.05, 0.1) is 16.4 Å². The number of hydrogen-bond donors (Lipinski definition) is 1. The summed E-state index contributed by atoms with van der Waals surface area (Å²) in [5, 5.41) is 11.8. The molecule has 4 aromatic rings. The number of hydrogen-bond acceptors (Lipinski definition) is 3. The van der Waals surface area contributed by atoms with Gasteiger partial charge in [0.1, 0.15) is 11.5 Å². The lowest BCUT2D eigenvalue weighted by atomic mass is 10.1. The maximum Gasteiger partial charge on any atom is 0.224 e. The van der Waals surface area contributed by atoms with Crippen LogP contribution in [0.25, 0.3) is 28.7 Å². The molecule has 5 heteroatoms. The normalized spacial score (nSPS) is 13.7. The first-order valence-corrected chi connectivity index (χ1v) is 9.98. The zero-order chi connectivity index (χ0) is 20.7. The zero-order valence-corrected chi connectivity index (χ0v) is 17.0. The number of aromatic nitrogens is 2. The number of aryl methyl sites for hydroxylation is 1. The number of nitrogens with zero attached hydrogens (tertiary/aromatic N) is 3. The van der Waals surface area contributed by atoms with Crippen LogP contribution in [0.2, 0.25) is 5.02 Å². The van der Waals surface area contributed by atoms with Gasteiger partial charge in [0, 0.05) is 22.9 Å². The fraction of sp³-hybridized carbons (Fsp3) is 0.0400. The number of fused-ring (bicyclic) bond motifs is 1. The number of allylic oxidation sites excluding steroid dienone is 1. The summed E-state index contributed by atoms with van der Waals surface area (Å²) < 4.78 is 1.73. The molecule has 0 aliphatic carbocycles. The van der Waals surface area contributed by atoms with Crippen LogP contribution < -0.4 is 0 Å². The molecule has 146 valence electrons. The number of rotatable bonds is 3. The molecule has 0 radical (unpaired) electrons. The summed E-state index contributed by atoms with van der Waals surface area (Å²) in [7, 11) is 0. The number of aliphatic imine (C=N–C) groups is 1. The molecule has 0 amide bonds. The number of aromatic hydroxyl groups is 1. The second kappa shape index (κ2) is 7.32. The molecule has 4 nitrogen and oxygen atoms in total. The van der Waals surface area contributed by atoms with Gasteiger partial charge < -0.3 is 5.11 Å². The van der Waals surface area contributed by atoms with Crippen molar-refractivity contribution in [1.29, 1.82) is 0 Å². The van der Waals surface area contributed by atoms with E-state index in [0.717, 1.165) is 33.6 Å². The maximum absolute atomic E-state index is 11.2. The third-order valence-corrected chi connectivity index (χ3v) is 5.43. The second-order valence-electron chi connectivity index (χ2n) is 7.17. The summed E-state index contributed by atoms with van der Waals surface area (Å²) in [5.41, 5.74) is 5.95. The van der Waals surface area contributed by atoms with E-state index >= 15 is 0 Å². The molecule has 1 aliphatic heterocycles. The van der Waals surface area contributed by atoms with Crippen molar-refractivity contribution in [2.45, 2.75) is 6.92 Å². The van der Waals surface area contributed by atoms with Crippen LogP contribution in [0.1, 0.15) is 16.8 Å². The Morgan fingerprint density at radius 1 is 0.933 bits per heavy atom. The van der Waals surface area contributed by atoms with Crippen LogP contribution in [-0.4, -0.2) is 20.9 Å². The van der Waals surface area contributed by atoms with Gasteiger partial charge in [-0.15, -0.1) is 0 Å². The molecule has 0 fully saturated rings. The van der Waals surface area contributed by atoms with Gasteiger partial charge in [-0.3, -0.25) is 9.56 Å². The third kappa shape index (κ3) is 3.11. The third-order valence-electron chi connectivity index (χ3n) is 5.10. The molecular formula is C25H18ClN3O. The first kappa shape index (κ1) is 18.4. The topological polar surface area (TPSA) is 50.4 Å². The lowest BCUT2D eigenvalue weighted by Crippen LogP contribution is -1.98. The van der Waals surface area contributed by atoms with E-state index in [9.17, 15) is 5.11 Å². The van der Waals surface area contributed by atoms with E-state index in [2.05, 4.69) is 4.99 Å². The molecule has 5 rings (SSSR count). The standard InChI is InChI=1S/C25H18ClN3O/c1-16-7-6-8-18(13-16)29-24(20-10-2-4-11-21(20)26)28-23(25(29)30)14-17-15-27-22-12-5-3-9-19(17)22/h2-15,30H,1H3/b17-14+. The Kier molecular flexibility index (Phi) is 4.49. The molecule has 3 aromatic carbocycles. The molecule has 1 aromatic heterocycles. The number of imidazole rings is 1. The van der Waals surface area contributed by atoms with Gasteiger partial charge in [-0.1, -0.05) is 54.1 Å². The monoisotopic (exact) mass is 411 g/mol. The van der Waals surface area contributed by atoms with Crippen molar-refractivity contribution >= 4 is 35.2 Å². The van der Waals surface area contributed by atoms with E-state index in [1.54, 1.807) is 10.8 Å². The van der Waals surface area contributed by atoms with Gasteiger partial charge in [-0.05, 0) is 48.9 Å². The number of benzene rings is 3. The lowest BCUT2D eigenvalue weighted by Gasteiger charge is -2.11. The van der Waals surface area contributed by atoms with E-state index in [4.69, 9.17) is 16.6 Å². The summed E-state index contributed by atoms with van der Waals surface area (Å²) in [6.45, 7) is 2.02. The van der Waals surface area contributed by atoms with Gasteiger partial charge >= 0.3 is 0 Å². The number of para-hydroxylation sites is 1. The minimum Gasteiger partial charge on any atom is -0.493 e. The van der Waals surface area contributed by atoms with Gasteiger partial charge in [0.15, 0.2) is 0 Å². The Morgan fingerprint density at radius 2 is 1.70 bits per heavy atom. The summed E-state index contributed by atoms with van der Waals surface area (Å²) in [4.78, 5) is 9.22. The van der Waals surface area contributed by atoms with E-state index in [-0.39, 0.29) is 5.88 Å². The zero-order valence-electron chi connectivity index (χ0n) is 16.2. The summed E-state index contributed by atoms with van der Waals surface area (Å²) >= 11 is 6.48. The fourth-order valence-corrected chi connectivity index (χ4v) is 3.88. The van der Waals surface area contributed by atoms with Crippen molar-refractivity contribution in [2.24, 2.45) is 4.99 Å². The van der Waals surface area contributed by atoms with Gasteiger partial charge in [0.2, 0.25) is 5.88 Å². The quantitative estimate of drug-likeness (QED) is 0.420. The summed E-state index contributed by atoms with van der Waals surface area (Å²) in [6.07, 6.45) is 3.66. The van der Waals surface area contributed by atoms with Gasteiger partial charge in [-0.2, -0.15) is 0 Å². The molecule has 30 heavy (non-hydrogen) atoms. The van der Waals surface area contributed by atoms with Crippen molar-refractivity contribution in [3.05, 3.63) is 94.6 Å². The average molecular weight is 412 g/mol. The van der Waals surface area contributed by atoms with E-state index in [1.807, 2.05) is 85.8 Å². The molecule has 0 saturated heterocycles. The highest BCUT2D eigenvalue weighted by Crippen LogP contribution is 2.38. The van der Waals surface area contributed by atoms with E-state index in [1.165, 1.54) is 0 Å². The van der Waals surface area contributed by atoms with Crippen molar-refractivity contribution in [1.82, 2.24) is 9.55 Å². The predicted octanol–water partition coefficient (Wildman–Crippen LogP) is 6.46. The van der Waals surface area contributed by atoms with Crippen molar-refractivity contribution in [3.63, 3.8) is 0 Å². The van der Waals surface area contributed by atoms with Gasteiger partial charge in [-0.25, -0.2) is 4.98 Å². The lowest BCUT2D eigenvalue weighted by molar-refractivity contribution is 0.442. The minimum absolute atomic E-state index is 0.0563. The van der Waals surface area contributed by atoms with Crippen LogP contribution in [0.15, 0.2) is 77.8 Å². The number of halogens is 1. The molecule has 1 N–H and O–H groups in total. The first-order chi connectivity index (χ1) is 14.6. The second-order valence-corrected chi connectivity index (χ2v) is 7.58. The van der Waals surface area contributed by atoms with Crippen molar-refractivity contribution < 1.29 is 5.11 Å². The molecule has 0 saturated carbocycles. The molecular weight excluding hydrogens is 394 g/mol. The highest BCUT2D eigenvalue weighted by Gasteiger charge is 2.21. The van der Waals surface area contributed by atoms with Crippen LogP contribution in [-0.2, 0) is 0 Å². The Hall–Kier alpha value is -3.63. The SMILES string of the molecule is Cc1cccc(-n2c(-c3ccccc3Cl)nc(/C=C3\C=Nc4ccccc43)c2O)c1. The van der Waals surface area contributed by atoms with Gasteiger partial charge in [0.25, 0.3) is 0 Å². The van der Waals surface area contributed by atoms with E-state index in [0.29, 0.717) is 16.5 Å². The summed E-state index contributed by atoms with van der Waals surface area (Å²) in [5.74, 6) is 0.638. The highest BCUT2D eigenvalue weighted by atomic mass is 35.5. The Labute approximate surface area is 179 Å². The summed E-state index contributed by atoms with van der Waals surface area (Å²) in [6, 6.07) is 23.3. The Morgan fingerprint density at radius 3 is 2.50 bits per heavy atom. The largest absolute Gasteiger partial charge is 0.493 e. The molecule has 0 bridgehead atoms. The predicted molar refractivity (Wildman–Crippen MR) is 123 cm³/mol. The average Bonchev–Trinajstić information content (AvgIpc) is 3.30. The Bertz CT molecular complexity index is 1330. The van der Waals surface area contributed by atoms with Crippen LogP contribution >= 0.6 is 11.6 Å². The molecule has 0 atom stereocenters. The molecule has 2 heterocycles.